The van der Waals surface area contributed by atoms with Crippen LogP contribution < -0.4 is 0 Å². The minimum absolute atomic E-state index is 0.122. The van der Waals surface area contributed by atoms with Crippen molar-refractivity contribution in [1.82, 2.24) is 9.47 Å². The van der Waals surface area contributed by atoms with E-state index in [0.29, 0.717) is 18.5 Å². The van der Waals surface area contributed by atoms with Gasteiger partial charge in [0.1, 0.15) is 5.70 Å². The van der Waals surface area contributed by atoms with Gasteiger partial charge < -0.3 is 9.30 Å². The lowest BCUT2D eigenvalue weighted by molar-refractivity contribution is 0.0271. The number of hydrogen-bond acceptors (Lipinski definition) is 3. The Morgan fingerprint density at radius 1 is 1.27 bits per heavy atom. The zero-order valence-electron chi connectivity index (χ0n) is 15.7. The maximum Gasteiger partial charge on any atom is 0.230 e. The molecule has 3 aliphatic rings. The maximum atomic E-state index is 8.61. The van der Waals surface area contributed by atoms with Crippen LogP contribution in [0.5, 0.6) is 0 Å². The second-order valence-corrected chi connectivity index (χ2v) is 7.89. The van der Waals surface area contributed by atoms with Gasteiger partial charge in [-0.1, -0.05) is 25.1 Å². The molecule has 1 N–H and O–H groups in total. The average Bonchev–Trinajstić information content (AvgIpc) is 3.02. The van der Waals surface area contributed by atoms with Crippen LogP contribution in [0.15, 0.2) is 30.3 Å². The highest BCUT2D eigenvalue weighted by molar-refractivity contribution is 6.15. The molecule has 0 radical (unpaired) electrons. The number of fused-ring (bicyclic) bond motifs is 3. The van der Waals surface area contributed by atoms with E-state index in [1.54, 1.807) is 0 Å². The Kier molecular flexibility index (Phi) is 3.54. The Labute approximate surface area is 154 Å². The lowest BCUT2D eigenvalue weighted by Crippen LogP contribution is -2.51. The monoisotopic (exact) mass is 349 g/mol. The summed E-state index contributed by atoms with van der Waals surface area (Å²) in [6, 6.07) is 9.15. The zero-order valence-corrected chi connectivity index (χ0v) is 15.7. The van der Waals surface area contributed by atoms with Crippen molar-refractivity contribution in [3.05, 3.63) is 41.6 Å². The molecule has 0 amide bonds. The van der Waals surface area contributed by atoms with Crippen LogP contribution in [0.1, 0.15) is 50.4 Å². The number of benzene rings is 1. The van der Waals surface area contributed by atoms with Crippen LogP contribution in [0.3, 0.4) is 0 Å². The summed E-state index contributed by atoms with van der Waals surface area (Å²) >= 11 is 0. The van der Waals surface area contributed by atoms with Gasteiger partial charge in [-0.2, -0.15) is 0 Å². The number of para-hydroxylation sites is 1. The molecule has 136 valence electrons. The van der Waals surface area contributed by atoms with Crippen molar-refractivity contribution in [2.75, 3.05) is 19.7 Å². The van der Waals surface area contributed by atoms with E-state index in [1.165, 1.54) is 41.5 Å². The van der Waals surface area contributed by atoms with Crippen molar-refractivity contribution in [2.45, 2.75) is 45.6 Å². The molecule has 2 aromatic rings. The zero-order chi connectivity index (χ0) is 17.9. The van der Waals surface area contributed by atoms with Gasteiger partial charge in [0, 0.05) is 23.0 Å². The molecule has 0 spiro atoms. The van der Waals surface area contributed by atoms with Gasteiger partial charge in [-0.15, -0.1) is 0 Å². The van der Waals surface area contributed by atoms with E-state index in [2.05, 4.69) is 46.7 Å². The largest absolute Gasteiger partial charge is 0.477 e. The Balaban J connectivity index is 1.85. The molecular weight excluding hydrogens is 322 g/mol. The van der Waals surface area contributed by atoms with E-state index in [1.807, 2.05) is 6.92 Å². The first-order valence-electron chi connectivity index (χ1n) is 10.0. The van der Waals surface area contributed by atoms with Crippen LogP contribution in [0, 0.1) is 10.8 Å². The van der Waals surface area contributed by atoms with Gasteiger partial charge in [-0.05, 0) is 56.9 Å². The fourth-order valence-electron chi connectivity index (χ4n) is 5.66. The highest BCUT2D eigenvalue weighted by Crippen LogP contribution is 2.57. The van der Waals surface area contributed by atoms with E-state index in [9.17, 15) is 0 Å². The summed E-state index contributed by atoms with van der Waals surface area (Å²) in [5.41, 5.74) is 5.23. The molecule has 4 nitrogen and oxygen atoms in total. The first kappa shape index (κ1) is 16.1. The third-order valence-corrected chi connectivity index (χ3v) is 6.77. The standard InChI is InChI=1S/C22H27N3O/c1-3-22-11-7-12-24-13-10-16-15-8-5-6-9-17(15)25(19(16)20(22)24)18(14-22)21(23)26-4-2/h5-6,8-9,14,20,23H,3-4,7,10-13H2,1-2H3/t20-,22+/m1/s1. The molecule has 26 heavy (non-hydrogen) atoms. The highest BCUT2D eigenvalue weighted by Gasteiger charge is 2.50. The fraction of sp³-hybridized carbons (Fsp3) is 0.500. The van der Waals surface area contributed by atoms with E-state index >= 15 is 0 Å². The summed E-state index contributed by atoms with van der Waals surface area (Å²) in [6.45, 7) is 7.15. The van der Waals surface area contributed by atoms with Gasteiger partial charge >= 0.3 is 0 Å². The molecule has 1 fully saturated rings. The summed E-state index contributed by atoms with van der Waals surface area (Å²) in [7, 11) is 0. The molecule has 0 saturated carbocycles. The summed E-state index contributed by atoms with van der Waals surface area (Å²) in [6.07, 6.45) is 7.04. The third kappa shape index (κ3) is 1.96. The van der Waals surface area contributed by atoms with Crippen molar-refractivity contribution in [3.8, 4) is 0 Å². The Morgan fingerprint density at radius 2 is 2.12 bits per heavy atom. The lowest BCUT2D eigenvalue weighted by Gasteiger charge is -2.53. The fourth-order valence-corrected chi connectivity index (χ4v) is 5.66. The molecule has 0 aliphatic carbocycles. The van der Waals surface area contributed by atoms with Gasteiger partial charge in [-0.25, -0.2) is 0 Å². The molecule has 1 aromatic heterocycles. The summed E-state index contributed by atoms with van der Waals surface area (Å²) in [4.78, 5) is 2.70. The number of nitrogens with zero attached hydrogens (tertiary/aromatic N) is 2. The van der Waals surface area contributed by atoms with Gasteiger partial charge in [0.25, 0.3) is 0 Å². The third-order valence-electron chi connectivity index (χ3n) is 6.77. The second kappa shape index (κ2) is 5.71. The normalized spacial score (nSPS) is 27.2. The minimum atomic E-state index is 0.122. The van der Waals surface area contributed by atoms with Gasteiger partial charge in [0.15, 0.2) is 0 Å². The number of rotatable bonds is 3. The first-order valence-corrected chi connectivity index (χ1v) is 10.0. The van der Waals surface area contributed by atoms with Crippen LogP contribution in [-0.2, 0) is 11.2 Å². The predicted octanol–water partition coefficient (Wildman–Crippen LogP) is 4.60. The van der Waals surface area contributed by atoms with Crippen molar-refractivity contribution >= 4 is 22.5 Å². The predicted molar refractivity (Wildman–Crippen MR) is 106 cm³/mol. The molecular formula is C22H27N3O. The van der Waals surface area contributed by atoms with Crippen LogP contribution in [-0.4, -0.2) is 35.1 Å². The van der Waals surface area contributed by atoms with E-state index in [0.717, 1.165) is 25.1 Å². The number of nitrogens with one attached hydrogen (secondary N) is 1. The summed E-state index contributed by atoms with van der Waals surface area (Å²) < 4.78 is 8.04. The number of ether oxygens (including phenoxy) is 1. The average molecular weight is 349 g/mol. The molecule has 2 atom stereocenters. The Hall–Kier alpha value is -2.07. The van der Waals surface area contributed by atoms with Crippen LogP contribution >= 0.6 is 0 Å². The summed E-state index contributed by atoms with van der Waals surface area (Å²) in [5, 5.41) is 9.97. The van der Waals surface area contributed by atoms with E-state index < -0.39 is 0 Å². The molecule has 3 aliphatic heterocycles. The smallest absolute Gasteiger partial charge is 0.230 e. The lowest BCUT2D eigenvalue weighted by atomic mass is 9.66. The molecule has 4 heterocycles. The number of hydrogen-bond donors (Lipinski definition) is 1. The van der Waals surface area contributed by atoms with Crippen molar-refractivity contribution in [2.24, 2.45) is 5.41 Å². The highest BCUT2D eigenvalue weighted by atomic mass is 16.5. The molecule has 5 rings (SSSR count). The number of piperidine rings is 1. The van der Waals surface area contributed by atoms with Crippen LogP contribution in [0.4, 0.5) is 0 Å². The van der Waals surface area contributed by atoms with Crippen molar-refractivity contribution in [1.29, 1.82) is 5.41 Å². The maximum absolute atomic E-state index is 8.61. The van der Waals surface area contributed by atoms with Crippen molar-refractivity contribution < 1.29 is 4.74 Å². The van der Waals surface area contributed by atoms with Gasteiger partial charge in [0.05, 0.1) is 18.2 Å². The Bertz CT molecular complexity index is 925. The second-order valence-electron chi connectivity index (χ2n) is 7.89. The molecule has 0 unspecified atom stereocenters. The molecule has 4 heteroatoms. The molecule has 0 bridgehead atoms. The minimum Gasteiger partial charge on any atom is -0.477 e. The van der Waals surface area contributed by atoms with E-state index in [-0.39, 0.29) is 5.41 Å². The Morgan fingerprint density at radius 3 is 2.92 bits per heavy atom. The quantitative estimate of drug-likeness (QED) is 0.650. The van der Waals surface area contributed by atoms with Crippen LogP contribution in [0.2, 0.25) is 0 Å². The SMILES string of the molecule is CCOC(=N)C1=C[C@]2(CC)CCCN3CCc4c(n1c1ccccc41)[C@@H]32. The van der Waals surface area contributed by atoms with E-state index in [4.69, 9.17) is 10.1 Å². The summed E-state index contributed by atoms with van der Waals surface area (Å²) in [5.74, 6) is 0.310. The van der Waals surface area contributed by atoms with Gasteiger partial charge in [-0.3, -0.25) is 10.3 Å². The molecule has 1 aromatic carbocycles. The molecule has 1 saturated heterocycles. The van der Waals surface area contributed by atoms with Crippen LogP contribution in [0.25, 0.3) is 16.6 Å². The van der Waals surface area contributed by atoms with Gasteiger partial charge in [0.2, 0.25) is 5.90 Å². The first-order chi connectivity index (χ1) is 12.7. The number of aromatic nitrogens is 1. The van der Waals surface area contributed by atoms with Crippen molar-refractivity contribution in [3.63, 3.8) is 0 Å². The topological polar surface area (TPSA) is 41.2 Å².